The summed E-state index contributed by atoms with van der Waals surface area (Å²) in [5, 5.41) is 14.4. The molecule has 0 fully saturated rings. The van der Waals surface area contributed by atoms with Crippen molar-refractivity contribution in [2.75, 3.05) is 7.11 Å². The second-order valence-electron chi connectivity index (χ2n) is 8.15. The van der Waals surface area contributed by atoms with Gasteiger partial charge in [-0.2, -0.15) is 0 Å². The third-order valence-corrected chi connectivity index (χ3v) is 5.95. The first-order valence-electron chi connectivity index (χ1n) is 11.1. The lowest BCUT2D eigenvalue weighted by atomic mass is 9.96. The molecule has 3 heterocycles. The molecular formula is C26H26N6O. The van der Waals surface area contributed by atoms with E-state index in [1.165, 1.54) is 0 Å². The van der Waals surface area contributed by atoms with Gasteiger partial charge in [-0.1, -0.05) is 67.9 Å². The van der Waals surface area contributed by atoms with Gasteiger partial charge in [0.1, 0.15) is 11.8 Å². The molecule has 0 spiro atoms. The average Bonchev–Trinajstić information content (AvgIpc) is 3.53. The standard InChI is InChI=1S/C26H26N6O/c1-4-7-20-16-32-23(15-10-17(2)26(32)27-20)24(33-3)19-13-11-18(12-14-19)21-8-5-6-9-22(21)25-28-30-31-29-25/h5-6,8-16,24H,4,7H2,1-3H3,(H,28,29,30,31)/t24-/m1/s1. The maximum absolute atomic E-state index is 5.99. The molecule has 0 aliphatic carbocycles. The number of benzene rings is 2. The Morgan fingerprint density at radius 2 is 1.79 bits per heavy atom. The van der Waals surface area contributed by atoms with E-state index in [1.54, 1.807) is 7.11 Å². The topological polar surface area (TPSA) is 81.0 Å². The SMILES string of the molecule is CCCc1cn2c([C@H](OC)c3ccc(-c4ccccc4-c4nnn[nH]4)cc3)ccc(C)c2n1. The second-order valence-corrected chi connectivity index (χ2v) is 8.15. The Kier molecular flexibility index (Phi) is 5.71. The summed E-state index contributed by atoms with van der Waals surface area (Å²) in [6.07, 6.45) is 3.97. The number of aryl methyl sites for hydroxylation is 2. The molecule has 5 aromatic rings. The summed E-state index contributed by atoms with van der Waals surface area (Å²) in [4.78, 5) is 4.85. The molecule has 0 aliphatic heterocycles. The highest BCUT2D eigenvalue weighted by atomic mass is 16.5. The number of fused-ring (bicyclic) bond motifs is 1. The van der Waals surface area contributed by atoms with Crippen molar-refractivity contribution in [3.63, 3.8) is 0 Å². The molecule has 2 aromatic carbocycles. The zero-order chi connectivity index (χ0) is 22.8. The summed E-state index contributed by atoms with van der Waals surface area (Å²) in [5.74, 6) is 0.648. The number of nitrogens with zero attached hydrogens (tertiary/aromatic N) is 5. The Hall–Kier alpha value is -3.84. The van der Waals surface area contributed by atoms with Crippen molar-refractivity contribution in [1.82, 2.24) is 30.0 Å². The van der Waals surface area contributed by atoms with Gasteiger partial charge >= 0.3 is 0 Å². The Morgan fingerprint density at radius 3 is 2.48 bits per heavy atom. The van der Waals surface area contributed by atoms with Crippen LogP contribution in [0.4, 0.5) is 0 Å². The van der Waals surface area contributed by atoms with Crippen LogP contribution in [0, 0.1) is 6.92 Å². The third-order valence-electron chi connectivity index (χ3n) is 5.95. The predicted octanol–water partition coefficient (Wildman–Crippen LogP) is 5.18. The highest BCUT2D eigenvalue weighted by Gasteiger charge is 2.19. The second kappa shape index (κ2) is 8.96. The smallest absolute Gasteiger partial charge is 0.180 e. The van der Waals surface area contributed by atoms with Crippen molar-refractivity contribution in [2.45, 2.75) is 32.8 Å². The summed E-state index contributed by atoms with van der Waals surface area (Å²) >= 11 is 0. The number of nitrogens with one attached hydrogen (secondary N) is 1. The molecule has 0 radical (unpaired) electrons. The minimum atomic E-state index is -0.209. The molecule has 166 valence electrons. The number of hydrogen-bond donors (Lipinski definition) is 1. The molecule has 33 heavy (non-hydrogen) atoms. The largest absolute Gasteiger partial charge is 0.370 e. The zero-order valence-electron chi connectivity index (χ0n) is 19.0. The molecule has 0 saturated carbocycles. The Morgan fingerprint density at radius 1 is 1.00 bits per heavy atom. The minimum Gasteiger partial charge on any atom is -0.370 e. The van der Waals surface area contributed by atoms with Crippen LogP contribution in [0.5, 0.6) is 0 Å². The molecule has 1 atom stereocenters. The van der Waals surface area contributed by atoms with Gasteiger partial charge in [0.25, 0.3) is 0 Å². The maximum atomic E-state index is 5.99. The third kappa shape index (κ3) is 3.91. The fourth-order valence-electron chi connectivity index (χ4n) is 4.34. The number of methoxy groups -OCH3 is 1. The van der Waals surface area contributed by atoms with Gasteiger partial charge in [0.2, 0.25) is 0 Å². The van der Waals surface area contributed by atoms with E-state index in [1.807, 2.05) is 18.2 Å². The summed E-state index contributed by atoms with van der Waals surface area (Å²) in [6, 6.07) is 20.8. The van der Waals surface area contributed by atoms with E-state index in [2.05, 4.69) is 87.5 Å². The van der Waals surface area contributed by atoms with Crippen LogP contribution < -0.4 is 0 Å². The van der Waals surface area contributed by atoms with Crippen molar-refractivity contribution < 1.29 is 4.74 Å². The molecule has 0 unspecified atom stereocenters. The Labute approximate surface area is 192 Å². The first-order chi connectivity index (χ1) is 16.2. The van der Waals surface area contributed by atoms with Crippen molar-refractivity contribution in [3.8, 4) is 22.5 Å². The summed E-state index contributed by atoms with van der Waals surface area (Å²) in [6.45, 7) is 4.27. The monoisotopic (exact) mass is 438 g/mol. The van der Waals surface area contributed by atoms with Gasteiger partial charge in [-0.25, -0.2) is 10.1 Å². The summed E-state index contributed by atoms with van der Waals surface area (Å²) < 4.78 is 8.16. The van der Waals surface area contributed by atoms with Gasteiger partial charge in [0, 0.05) is 18.9 Å². The van der Waals surface area contributed by atoms with E-state index in [0.29, 0.717) is 5.82 Å². The molecule has 3 aromatic heterocycles. The fraction of sp³-hybridized carbons (Fsp3) is 0.231. The molecule has 5 rings (SSSR count). The van der Waals surface area contributed by atoms with Gasteiger partial charge in [0.05, 0.1) is 11.4 Å². The number of imidazole rings is 1. The van der Waals surface area contributed by atoms with Gasteiger partial charge in [0.15, 0.2) is 5.82 Å². The minimum absolute atomic E-state index is 0.209. The molecule has 0 amide bonds. The average molecular weight is 439 g/mol. The summed E-state index contributed by atoms with van der Waals surface area (Å²) in [5.41, 5.74) is 8.51. The van der Waals surface area contributed by atoms with E-state index in [-0.39, 0.29) is 6.10 Å². The number of H-pyrrole nitrogens is 1. The van der Waals surface area contributed by atoms with Crippen molar-refractivity contribution in [2.24, 2.45) is 0 Å². The maximum Gasteiger partial charge on any atom is 0.180 e. The number of rotatable bonds is 7. The van der Waals surface area contributed by atoms with Crippen LogP contribution in [0.2, 0.25) is 0 Å². The van der Waals surface area contributed by atoms with Crippen LogP contribution in [0.15, 0.2) is 66.9 Å². The van der Waals surface area contributed by atoms with Crippen molar-refractivity contribution in [3.05, 3.63) is 89.4 Å². The summed E-state index contributed by atoms with van der Waals surface area (Å²) in [7, 11) is 1.75. The van der Waals surface area contributed by atoms with E-state index in [4.69, 9.17) is 9.72 Å². The zero-order valence-corrected chi connectivity index (χ0v) is 19.0. The number of tetrazole rings is 1. The Balaban J connectivity index is 1.53. The van der Waals surface area contributed by atoms with Crippen LogP contribution in [-0.4, -0.2) is 37.1 Å². The van der Waals surface area contributed by atoms with Crippen molar-refractivity contribution >= 4 is 5.65 Å². The Bertz CT molecular complexity index is 1370. The highest BCUT2D eigenvalue weighted by Crippen LogP contribution is 2.33. The van der Waals surface area contributed by atoms with Crippen molar-refractivity contribution in [1.29, 1.82) is 0 Å². The molecular weight excluding hydrogens is 412 g/mol. The highest BCUT2D eigenvalue weighted by molar-refractivity contribution is 5.80. The number of ether oxygens (including phenoxy) is 1. The van der Waals surface area contributed by atoms with Crippen LogP contribution >= 0.6 is 0 Å². The molecule has 7 heteroatoms. The van der Waals surface area contributed by atoms with Gasteiger partial charge in [-0.15, -0.1) is 5.10 Å². The van der Waals surface area contributed by atoms with Gasteiger partial charge in [-0.3, -0.25) is 0 Å². The lowest BCUT2D eigenvalue weighted by Crippen LogP contribution is -2.09. The van der Waals surface area contributed by atoms with Gasteiger partial charge < -0.3 is 9.14 Å². The molecule has 0 aliphatic rings. The number of aromatic amines is 1. The molecule has 0 saturated heterocycles. The quantitative estimate of drug-likeness (QED) is 0.379. The molecule has 1 N–H and O–H groups in total. The number of aromatic nitrogens is 6. The van der Waals surface area contributed by atoms with Crippen LogP contribution in [0.1, 0.15) is 42.0 Å². The van der Waals surface area contributed by atoms with Crippen LogP contribution in [-0.2, 0) is 11.2 Å². The van der Waals surface area contributed by atoms with Crippen LogP contribution in [0.3, 0.4) is 0 Å². The molecule has 0 bridgehead atoms. The lowest BCUT2D eigenvalue weighted by molar-refractivity contribution is 0.132. The normalized spacial score (nSPS) is 12.3. The van der Waals surface area contributed by atoms with E-state index >= 15 is 0 Å². The van der Waals surface area contributed by atoms with E-state index in [0.717, 1.165) is 57.7 Å². The number of hydrogen-bond acceptors (Lipinski definition) is 5. The predicted molar refractivity (Wildman–Crippen MR) is 128 cm³/mol. The first kappa shape index (κ1) is 21.0. The fourth-order valence-corrected chi connectivity index (χ4v) is 4.34. The van der Waals surface area contributed by atoms with E-state index in [9.17, 15) is 0 Å². The van der Waals surface area contributed by atoms with Crippen LogP contribution in [0.25, 0.3) is 28.2 Å². The lowest BCUT2D eigenvalue weighted by Gasteiger charge is -2.19. The van der Waals surface area contributed by atoms with E-state index < -0.39 is 0 Å². The molecule has 7 nitrogen and oxygen atoms in total. The number of pyridine rings is 1. The van der Waals surface area contributed by atoms with Gasteiger partial charge in [-0.05, 0) is 52.1 Å². The first-order valence-corrected chi connectivity index (χ1v) is 11.1.